The van der Waals surface area contributed by atoms with Crippen molar-refractivity contribution in [1.82, 2.24) is 0 Å². The molecule has 0 amide bonds. The van der Waals surface area contributed by atoms with E-state index < -0.39 is 16.0 Å². The molecule has 0 unspecified atom stereocenters. The van der Waals surface area contributed by atoms with Gasteiger partial charge in [0.15, 0.2) is 6.61 Å². The highest BCUT2D eigenvalue weighted by Crippen LogP contribution is 2.34. The number of nitrogens with one attached hydrogen (secondary N) is 1. The highest BCUT2D eigenvalue weighted by atomic mass is 35.5. The number of esters is 1. The van der Waals surface area contributed by atoms with Crippen molar-refractivity contribution in [2.75, 3.05) is 18.4 Å². The number of anilines is 1. The van der Waals surface area contributed by atoms with Gasteiger partial charge in [0.1, 0.15) is 5.75 Å². The van der Waals surface area contributed by atoms with Crippen molar-refractivity contribution in [2.24, 2.45) is 0 Å². The summed E-state index contributed by atoms with van der Waals surface area (Å²) in [7, 11) is -2.80. The van der Waals surface area contributed by atoms with E-state index in [-0.39, 0.29) is 43.0 Å². The molecule has 0 aromatic heterocycles. The maximum atomic E-state index is 12.5. The summed E-state index contributed by atoms with van der Waals surface area (Å²) in [5.41, 5.74) is 0.0585. The monoisotopic (exact) mass is 457 g/mol. The average Bonchev–Trinajstić information content (AvgIpc) is 2.58. The third kappa shape index (κ3) is 5.08. The van der Waals surface area contributed by atoms with E-state index in [4.69, 9.17) is 51.1 Å². The minimum atomic E-state index is -4.01. The maximum absolute atomic E-state index is 12.5. The van der Waals surface area contributed by atoms with E-state index in [9.17, 15) is 13.2 Å². The Morgan fingerprint density at radius 2 is 1.65 bits per heavy atom. The topological polar surface area (TPSA) is 81.7 Å². The predicted molar refractivity (Wildman–Crippen MR) is 101 cm³/mol. The van der Waals surface area contributed by atoms with Gasteiger partial charge < -0.3 is 9.47 Å². The maximum Gasteiger partial charge on any atom is 0.343 e. The molecule has 0 fully saturated rings. The fraction of sp³-hybridized carbons (Fsp3) is 0.133. The van der Waals surface area contributed by atoms with E-state index >= 15 is 0 Å². The number of hydrogen-bond acceptors (Lipinski definition) is 5. The van der Waals surface area contributed by atoms with Crippen molar-refractivity contribution in [3.63, 3.8) is 0 Å². The molecule has 0 saturated carbocycles. The first-order chi connectivity index (χ1) is 12.1. The number of ether oxygens (including phenoxy) is 2. The van der Waals surface area contributed by atoms with E-state index in [1.54, 1.807) is 0 Å². The quantitative estimate of drug-likeness (QED) is 0.503. The molecule has 6 nitrogen and oxygen atoms in total. The van der Waals surface area contributed by atoms with Gasteiger partial charge >= 0.3 is 5.97 Å². The lowest BCUT2D eigenvalue weighted by molar-refractivity contribution is -0.142. The van der Waals surface area contributed by atoms with Crippen LogP contribution in [0.15, 0.2) is 35.2 Å². The number of carbonyl (C=O) groups excluding carboxylic acids is 1. The molecular formula is C15H11Cl4NO5S. The molecule has 0 aliphatic rings. The van der Waals surface area contributed by atoms with Crippen LogP contribution in [-0.2, 0) is 19.6 Å². The van der Waals surface area contributed by atoms with Gasteiger partial charge in [-0.15, -0.1) is 0 Å². The normalized spacial score (nSPS) is 11.1. The fourth-order valence-electron chi connectivity index (χ4n) is 1.77. The van der Waals surface area contributed by atoms with Crippen molar-refractivity contribution >= 4 is 68.1 Å². The Morgan fingerprint density at radius 3 is 2.27 bits per heavy atom. The summed E-state index contributed by atoms with van der Waals surface area (Å²) in [5, 5.41) is 0.400. The van der Waals surface area contributed by atoms with Gasteiger partial charge in [0.05, 0.1) is 37.8 Å². The van der Waals surface area contributed by atoms with Crippen LogP contribution in [0.1, 0.15) is 0 Å². The third-order valence-corrected chi connectivity index (χ3v) is 5.73. The lowest BCUT2D eigenvalue weighted by Gasteiger charge is -2.12. The van der Waals surface area contributed by atoms with Crippen molar-refractivity contribution in [3.8, 4) is 5.75 Å². The van der Waals surface area contributed by atoms with E-state index in [1.807, 2.05) is 0 Å². The standard InChI is InChI=1S/C15H11Cl4NO5S/c1-24-15(21)7-25-14-3-2-8(4-12(14)19)26(22,23)20-13-6-10(17)9(16)5-11(13)18/h2-6,20H,7H2,1H3. The molecule has 0 atom stereocenters. The Hall–Kier alpha value is -1.38. The zero-order chi connectivity index (χ0) is 19.5. The van der Waals surface area contributed by atoms with Gasteiger partial charge in [-0.05, 0) is 30.3 Å². The van der Waals surface area contributed by atoms with Crippen LogP contribution in [0.25, 0.3) is 0 Å². The Bertz CT molecular complexity index is 949. The van der Waals surface area contributed by atoms with Crippen molar-refractivity contribution in [2.45, 2.75) is 4.90 Å². The van der Waals surface area contributed by atoms with Crippen LogP contribution in [0.3, 0.4) is 0 Å². The van der Waals surface area contributed by atoms with Crippen LogP contribution in [0.4, 0.5) is 5.69 Å². The highest BCUT2D eigenvalue weighted by molar-refractivity contribution is 7.92. The molecule has 0 aliphatic heterocycles. The summed E-state index contributed by atoms with van der Waals surface area (Å²) in [6, 6.07) is 6.35. The lowest BCUT2D eigenvalue weighted by atomic mass is 10.3. The number of rotatable bonds is 6. The first-order valence-electron chi connectivity index (χ1n) is 6.80. The second kappa shape index (κ2) is 8.54. The second-order valence-electron chi connectivity index (χ2n) is 4.81. The molecule has 1 N–H and O–H groups in total. The number of sulfonamides is 1. The largest absolute Gasteiger partial charge is 0.480 e. The molecule has 26 heavy (non-hydrogen) atoms. The summed E-state index contributed by atoms with van der Waals surface area (Å²) in [6.45, 7) is -0.362. The van der Waals surface area contributed by atoms with Gasteiger partial charge in [0.25, 0.3) is 10.0 Å². The van der Waals surface area contributed by atoms with E-state index in [2.05, 4.69) is 9.46 Å². The number of hydrogen-bond donors (Lipinski definition) is 1. The molecule has 0 saturated heterocycles. The zero-order valence-electron chi connectivity index (χ0n) is 13.1. The van der Waals surface area contributed by atoms with Crippen LogP contribution in [0.2, 0.25) is 20.1 Å². The van der Waals surface area contributed by atoms with Gasteiger partial charge in [-0.1, -0.05) is 46.4 Å². The van der Waals surface area contributed by atoms with Gasteiger partial charge in [0.2, 0.25) is 0 Å². The Morgan fingerprint density at radius 1 is 1.00 bits per heavy atom. The molecule has 2 rings (SSSR count). The SMILES string of the molecule is COC(=O)COc1ccc(S(=O)(=O)Nc2cc(Cl)c(Cl)cc2Cl)cc1Cl. The van der Waals surface area contributed by atoms with Crippen molar-refractivity contribution < 1.29 is 22.7 Å². The van der Waals surface area contributed by atoms with Crippen LogP contribution in [0, 0.1) is 0 Å². The number of carbonyl (C=O) groups is 1. The molecule has 0 radical (unpaired) electrons. The van der Waals surface area contributed by atoms with Gasteiger partial charge in [0, 0.05) is 0 Å². The van der Waals surface area contributed by atoms with Gasteiger partial charge in [-0.2, -0.15) is 0 Å². The summed E-state index contributed by atoms with van der Waals surface area (Å²) >= 11 is 23.7. The van der Waals surface area contributed by atoms with Gasteiger partial charge in [-0.3, -0.25) is 4.72 Å². The molecule has 0 bridgehead atoms. The molecule has 2 aromatic carbocycles. The smallest absolute Gasteiger partial charge is 0.343 e. The minimum absolute atomic E-state index is 0.00277. The van der Waals surface area contributed by atoms with E-state index in [0.29, 0.717) is 0 Å². The zero-order valence-corrected chi connectivity index (χ0v) is 16.9. The molecule has 140 valence electrons. The third-order valence-electron chi connectivity index (χ3n) is 3.04. The number of halogens is 4. The summed E-state index contributed by atoms with van der Waals surface area (Å²) in [6.07, 6.45) is 0. The first kappa shape index (κ1) is 20.9. The number of methoxy groups -OCH3 is 1. The Balaban J connectivity index is 2.25. The fourth-order valence-corrected chi connectivity index (χ4v) is 3.81. The molecular weight excluding hydrogens is 448 g/mol. The van der Waals surface area contributed by atoms with Crippen LogP contribution in [0.5, 0.6) is 5.75 Å². The van der Waals surface area contributed by atoms with E-state index in [1.165, 1.54) is 37.4 Å². The van der Waals surface area contributed by atoms with E-state index in [0.717, 1.165) is 0 Å². The van der Waals surface area contributed by atoms with Crippen molar-refractivity contribution in [1.29, 1.82) is 0 Å². The predicted octanol–water partition coefficient (Wildman–Crippen LogP) is 4.65. The molecule has 11 heteroatoms. The average molecular weight is 459 g/mol. The highest BCUT2D eigenvalue weighted by Gasteiger charge is 2.19. The molecule has 0 aliphatic carbocycles. The molecule has 0 heterocycles. The Labute approximate surface area is 169 Å². The van der Waals surface area contributed by atoms with Crippen molar-refractivity contribution in [3.05, 3.63) is 50.4 Å². The lowest BCUT2D eigenvalue weighted by Crippen LogP contribution is -2.14. The van der Waals surface area contributed by atoms with Crippen LogP contribution >= 0.6 is 46.4 Å². The second-order valence-corrected chi connectivity index (χ2v) is 8.12. The van der Waals surface area contributed by atoms with Crippen LogP contribution < -0.4 is 9.46 Å². The number of benzene rings is 2. The summed E-state index contributed by atoms with van der Waals surface area (Å²) in [5.74, 6) is -0.475. The summed E-state index contributed by atoms with van der Waals surface area (Å²) in [4.78, 5) is 10.9. The van der Waals surface area contributed by atoms with Crippen LogP contribution in [-0.4, -0.2) is 28.1 Å². The molecule has 2 aromatic rings. The molecule has 0 spiro atoms. The summed E-state index contributed by atoms with van der Waals surface area (Å²) < 4.78 is 36.9. The van der Waals surface area contributed by atoms with Gasteiger partial charge in [-0.25, -0.2) is 13.2 Å². The minimum Gasteiger partial charge on any atom is -0.480 e. The Kier molecular flexibility index (Phi) is 6.87. The first-order valence-corrected chi connectivity index (χ1v) is 9.80.